The van der Waals surface area contributed by atoms with Crippen molar-refractivity contribution in [2.75, 3.05) is 11.5 Å². The van der Waals surface area contributed by atoms with Crippen molar-refractivity contribution in [3.8, 4) is 0 Å². The monoisotopic (exact) mass is 643 g/mol. The Hall–Kier alpha value is -2.42. The number of carboxylic acids is 2. The van der Waals surface area contributed by atoms with E-state index in [9.17, 15) is 24.6 Å². The average Bonchev–Trinajstić information content (AvgIpc) is 2.89. The maximum absolute atomic E-state index is 13.0. The van der Waals surface area contributed by atoms with E-state index < -0.39 is 24.1 Å². The summed E-state index contributed by atoms with van der Waals surface area (Å²) in [5.41, 5.74) is 1.42. The highest BCUT2D eigenvalue weighted by Gasteiger charge is 2.53. The largest absolute Gasteiger partial charge is 0.479 e. The molecule has 2 aromatic rings. The summed E-state index contributed by atoms with van der Waals surface area (Å²) in [6.07, 6.45) is 3.31. The first kappa shape index (κ1) is 30.5. The van der Waals surface area contributed by atoms with Crippen molar-refractivity contribution in [1.82, 2.24) is 15.2 Å². The number of aromatic nitrogens is 2. The Morgan fingerprint density at radius 2 is 1.93 bits per heavy atom. The minimum Gasteiger partial charge on any atom is -0.479 e. The number of aryl methyl sites for hydroxylation is 1. The summed E-state index contributed by atoms with van der Waals surface area (Å²) in [6.45, 7) is 0.557. The van der Waals surface area contributed by atoms with Crippen LogP contribution in [0.1, 0.15) is 18.4 Å². The van der Waals surface area contributed by atoms with Crippen LogP contribution in [0.3, 0.4) is 0 Å². The van der Waals surface area contributed by atoms with Crippen LogP contribution in [0.5, 0.6) is 0 Å². The lowest BCUT2D eigenvalue weighted by Crippen LogP contribution is -2.70. The number of carboxylic acid groups (broad SMARTS) is 2. The van der Waals surface area contributed by atoms with Gasteiger partial charge in [-0.2, -0.15) is 0 Å². The highest BCUT2D eigenvalue weighted by Crippen LogP contribution is 2.41. The van der Waals surface area contributed by atoms with Gasteiger partial charge in [-0.25, -0.2) is 19.1 Å². The summed E-state index contributed by atoms with van der Waals surface area (Å²) in [7, 11) is 0. The maximum atomic E-state index is 13.0. The van der Waals surface area contributed by atoms with Crippen LogP contribution in [0.15, 0.2) is 52.8 Å². The van der Waals surface area contributed by atoms with Gasteiger partial charge in [0, 0.05) is 41.4 Å². The molecule has 1 fully saturated rings. The minimum absolute atomic E-state index is 0.0147. The number of thiocarbonyl (C=S) groups is 1. The number of aliphatic hydroxyl groups is 1. The molecule has 0 spiro atoms. The Morgan fingerprint density at radius 1 is 1.25 bits per heavy atom. The zero-order chi connectivity index (χ0) is 29.0. The SMILES string of the molecule is O=C(O)C1=C(CSc2cc[n+](CCC[C@@H](O)C(=O)O)cc2)CS[C@@H]2[C@@H](NC(=S)Cc3cc(Cl)nc(Cl)c3)C(=O)N12. The number of pyridine rings is 2. The van der Waals surface area contributed by atoms with Crippen molar-refractivity contribution >= 4 is 81.8 Å². The van der Waals surface area contributed by atoms with Gasteiger partial charge in [-0.3, -0.25) is 9.69 Å². The molecule has 10 nitrogen and oxygen atoms in total. The van der Waals surface area contributed by atoms with E-state index in [1.54, 1.807) is 12.1 Å². The number of nitrogens with one attached hydrogen (secondary N) is 1. The molecule has 4 N–H and O–H groups in total. The second-order valence-electron chi connectivity index (χ2n) is 9.07. The lowest BCUT2D eigenvalue weighted by molar-refractivity contribution is -0.697. The van der Waals surface area contributed by atoms with Crippen LogP contribution in [0.2, 0.25) is 10.3 Å². The van der Waals surface area contributed by atoms with Crippen LogP contribution in [0.4, 0.5) is 0 Å². The molecule has 0 aromatic carbocycles. The quantitative estimate of drug-likeness (QED) is 0.0891. The second kappa shape index (κ2) is 13.5. The van der Waals surface area contributed by atoms with E-state index >= 15 is 0 Å². The van der Waals surface area contributed by atoms with Gasteiger partial charge in [0.15, 0.2) is 18.5 Å². The predicted octanol–water partition coefficient (Wildman–Crippen LogP) is 2.78. The van der Waals surface area contributed by atoms with E-state index in [0.717, 1.165) is 10.5 Å². The van der Waals surface area contributed by atoms with E-state index in [2.05, 4.69) is 10.3 Å². The molecule has 1 saturated heterocycles. The van der Waals surface area contributed by atoms with Crippen molar-refractivity contribution in [3.05, 3.63) is 63.8 Å². The van der Waals surface area contributed by atoms with Gasteiger partial charge in [0.2, 0.25) is 0 Å². The van der Waals surface area contributed by atoms with E-state index in [-0.39, 0.29) is 33.7 Å². The number of nitrogens with zero attached hydrogens (tertiary/aromatic N) is 3. The number of β-lactam (4-membered cyclic amide) rings is 1. The lowest BCUT2D eigenvalue weighted by Gasteiger charge is -2.49. The molecular formula is C25H25Cl2N4O6S3+. The highest BCUT2D eigenvalue weighted by molar-refractivity contribution is 8.01. The van der Waals surface area contributed by atoms with E-state index in [1.165, 1.54) is 28.4 Å². The summed E-state index contributed by atoms with van der Waals surface area (Å²) in [6, 6.07) is 6.42. The Kier molecular flexibility index (Phi) is 10.3. The molecule has 2 aliphatic heterocycles. The molecule has 0 radical (unpaired) electrons. The normalized spacial score (nSPS) is 19.1. The number of thioether (sulfide) groups is 2. The number of halogens is 2. The third kappa shape index (κ3) is 7.45. The third-order valence-corrected chi connectivity index (χ3v) is 9.29. The zero-order valence-electron chi connectivity index (χ0n) is 20.8. The fourth-order valence-corrected chi connectivity index (χ4v) is 7.44. The van der Waals surface area contributed by atoms with Crippen LogP contribution in [0, 0.1) is 0 Å². The summed E-state index contributed by atoms with van der Waals surface area (Å²) < 4.78 is 1.88. The first-order valence-electron chi connectivity index (χ1n) is 12.1. The second-order valence-corrected chi connectivity index (χ2v) is 12.5. The van der Waals surface area contributed by atoms with Gasteiger partial charge < -0.3 is 20.6 Å². The fourth-order valence-electron chi connectivity index (χ4n) is 4.27. The molecule has 0 bridgehead atoms. The number of aliphatic hydroxyl groups excluding tert-OH is 1. The first-order valence-corrected chi connectivity index (χ1v) is 15.3. The zero-order valence-corrected chi connectivity index (χ0v) is 24.8. The molecule has 3 atom stereocenters. The summed E-state index contributed by atoms with van der Waals surface area (Å²) in [5, 5.41) is 31.2. The van der Waals surface area contributed by atoms with Crippen molar-refractivity contribution in [2.24, 2.45) is 0 Å². The third-order valence-electron chi connectivity index (χ3n) is 6.21. The standard InChI is InChI=1S/C25H24Cl2N4O6S3/c26-17-8-13(9-18(27)28-17)10-19(38)29-20-22(33)31-21(25(36)37)14(12-40-23(20)31)11-39-15-3-6-30(7-4-15)5-1-2-16(32)24(34)35/h3-4,6-9,16,20,23,32H,1-2,5,10-12H2,(H2-,29,34,35,36,37,38)/p+1/t16-,20+,23-/m1/s1. The Morgan fingerprint density at radius 3 is 2.55 bits per heavy atom. The van der Waals surface area contributed by atoms with E-state index in [1.807, 2.05) is 29.1 Å². The number of rotatable bonds is 12. The molecular weight excluding hydrogens is 619 g/mol. The van der Waals surface area contributed by atoms with Crippen molar-refractivity contribution in [3.63, 3.8) is 0 Å². The number of carbonyl (C=O) groups excluding carboxylic acids is 1. The number of fused-ring (bicyclic) bond motifs is 1. The van der Waals surface area contributed by atoms with Crippen LogP contribution >= 0.6 is 58.9 Å². The minimum atomic E-state index is -1.37. The molecule has 0 aliphatic carbocycles. The van der Waals surface area contributed by atoms with Crippen molar-refractivity contribution in [2.45, 2.75) is 48.2 Å². The molecule has 15 heteroatoms. The van der Waals surface area contributed by atoms with Gasteiger partial charge >= 0.3 is 11.9 Å². The van der Waals surface area contributed by atoms with Gasteiger partial charge in [0.1, 0.15) is 34.0 Å². The predicted molar refractivity (Wildman–Crippen MR) is 155 cm³/mol. The smallest absolute Gasteiger partial charge is 0.352 e. The molecule has 0 unspecified atom stereocenters. The number of amides is 1. The summed E-state index contributed by atoms with van der Waals surface area (Å²) >= 11 is 20.3. The van der Waals surface area contributed by atoms with Gasteiger partial charge in [0.05, 0.1) is 4.99 Å². The number of hydrogen-bond donors (Lipinski definition) is 4. The Bertz CT molecular complexity index is 1340. The van der Waals surface area contributed by atoms with Gasteiger partial charge in [0.25, 0.3) is 5.91 Å². The van der Waals surface area contributed by atoms with Gasteiger partial charge in [-0.15, -0.1) is 23.5 Å². The molecule has 212 valence electrons. The Balaban J connectivity index is 1.33. The van der Waals surface area contributed by atoms with E-state index in [0.29, 0.717) is 41.5 Å². The summed E-state index contributed by atoms with van der Waals surface area (Å²) in [5.74, 6) is -1.86. The summed E-state index contributed by atoms with van der Waals surface area (Å²) in [4.78, 5) is 42.5. The molecule has 2 aromatic heterocycles. The van der Waals surface area contributed by atoms with Crippen LogP contribution in [-0.4, -0.2) is 77.1 Å². The maximum Gasteiger partial charge on any atom is 0.352 e. The van der Waals surface area contributed by atoms with E-state index in [4.69, 9.17) is 40.5 Å². The fraction of sp³-hybridized carbons (Fsp3) is 0.360. The van der Waals surface area contributed by atoms with Crippen LogP contribution in [0.25, 0.3) is 0 Å². The van der Waals surface area contributed by atoms with Crippen molar-refractivity contribution < 1.29 is 34.3 Å². The number of hydrogen-bond acceptors (Lipinski definition) is 8. The lowest BCUT2D eigenvalue weighted by atomic mass is 10.0. The molecule has 2 aliphatic rings. The molecule has 0 saturated carbocycles. The van der Waals surface area contributed by atoms with Crippen LogP contribution in [-0.2, 0) is 27.3 Å². The highest BCUT2D eigenvalue weighted by atomic mass is 35.5. The molecule has 4 heterocycles. The average molecular weight is 645 g/mol. The molecule has 40 heavy (non-hydrogen) atoms. The number of aliphatic carboxylic acids is 2. The van der Waals surface area contributed by atoms with Gasteiger partial charge in [-0.05, 0) is 29.7 Å². The molecule has 4 rings (SSSR count). The van der Waals surface area contributed by atoms with Crippen LogP contribution < -0.4 is 9.88 Å². The first-order chi connectivity index (χ1) is 19.0. The topological polar surface area (TPSA) is 144 Å². The Labute approximate surface area is 253 Å². The number of carbonyl (C=O) groups is 3. The van der Waals surface area contributed by atoms with Gasteiger partial charge in [-0.1, -0.05) is 35.4 Å². The van der Waals surface area contributed by atoms with Crippen molar-refractivity contribution in [1.29, 1.82) is 0 Å². The molecule has 1 amide bonds.